The molecule has 1 saturated carbocycles. The highest BCUT2D eigenvalue weighted by atomic mass is 79.9. The molecule has 0 radical (unpaired) electrons. The summed E-state index contributed by atoms with van der Waals surface area (Å²) >= 11 is 3.33. The minimum Gasteiger partial charge on any atom is -0.480 e. The van der Waals surface area contributed by atoms with Gasteiger partial charge in [-0.2, -0.15) is 5.26 Å². The van der Waals surface area contributed by atoms with E-state index in [-0.39, 0.29) is 0 Å². The van der Waals surface area contributed by atoms with Crippen LogP contribution in [0.3, 0.4) is 0 Å². The summed E-state index contributed by atoms with van der Waals surface area (Å²) in [6.45, 7) is 0. The molecule has 0 unspecified atom stereocenters. The van der Waals surface area contributed by atoms with E-state index in [9.17, 15) is 9.90 Å². The number of benzene rings is 1. The molecule has 0 spiro atoms. The SMILES string of the molecule is N#Cc1ccc(Br)cc1NC1(C(=O)O)CCCC1. The van der Waals surface area contributed by atoms with E-state index in [0.717, 1.165) is 17.3 Å². The first-order chi connectivity index (χ1) is 8.57. The van der Waals surface area contributed by atoms with Gasteiger partial charge in [0.2, 0.25) is 0 Å². The first-order valence-corrected chi connectivity index (χ1v) is 6.58. The molecular formula is C13H13BrN2O2. The van der Waals surface area contributed by atoms with Crippen LogP contribution in [0.1, 0.15) is 31.2 Å². The predicted octanol–water partition coefficient (Wildman–Crippen LogP) is 3.13. The summed E-state index contributed by atoms with van der Waals surface area (Å²) in [4.78, 5) is 11.5. The number of hydrogen-bond donors (Lipinski definition) is 2. The Morgan fingerprint density at radius 3 is 2.67 bits per heavy atom. The van der Waals surface area contributed by atoms with Gasteiger partial charge in [0, 0.05) is 4.47 Å². The fraction of sp³-hybridized carbons (Fsp3) is 0.385. The summed E-state index contributed by atoms with van der Waals surface area (Å²) in [7, 11) is 0. The van der Waals surface area contributed by atoms with E-state index in [1.807, 2.05) is 0 Å². The molecule has 2 N–H and O–H groups in total. The summed E-state index contributed by atoms with van der Waals surface area (Å²) < 4.78 is 0.822. The zero-order valence-electron chi connectivity index (χ0n) is 9.74. The van der Waals surface area contributed by atoms with Crippen molar-refractivity contribution in [1.82, 2.24) is 0 Å². The van der Waals surface area contributed by atoms with E-state index < -0.39 is 11.5 Å². The van der Waals surface area contributed by atoms with Crippen LogP contribution in [-0.2, 0) is 4.79 Å². The van der Waals surface area contributed by atoms with Crippen LogP contribution in [-0.4, -0.2) is 16.6 Å². The number of carbonyl (C=O) groups is 1. The van der Waals surface area contributed by atoms with Crippen LogP contribution in [0.4, 0.5) is 5.69 Å². The van der Waals surface area contributed by atoms with Crippen molar-refractivity contribution in [2.24, 2.45) is 0 Å². The molecule has 0 amide bonds. The quantitative estimate of drug-likeness (QED) is 0.899. The van der Waals surface area contributed by atoms with Crippen molar-refractivity contribution in [3.8, 4) is 6.07 Å². The van der Waals surface area contributed by atoms with Crippen LogP contribution in [0.2, 0.25) is 0 Å². The third kappa shape index (κ3) is 2.34. The molecule has 4 nitrogen and oxygen atoms in total. The molecule has 0 saturated heterocycles. The van der Waals surface area contributed by atoms with E-state index in [1.165, 1.54) is 0 Å². The number of nitrogens with one attached hydrogen (secondary N) is 1. The lowest BCUT2D eigenvalue weighted by molar-refractivity contribution is -0.142. The molecule has 1 aliphatic carbocycles. The molecule has 0 bridgehead atoms. The van der Waals surface area contributed by atoms with Crippen molar-refractivity contribution >= 4 is 27.6 Å². The lowest BCUT2D eigenvalue weighted by atomic mass is 9.96. The zero-order valence-corrected chi connectivity index (χ0v) is 11.3. The molecular weight excluding hydrogens is 296 g/mol. The van der Waals surface area contributed by atoms with Crippen LogP contribution in [0.5, 0.6) is 0 Å². The topological polar surface area (TPSA) is 73.1 Å². The van der Waals surface area contributed by atoms with Gasteiger partial charge in [-0.25, -0.2) is 4.79 Å². The summed E-state index contributed by atoms with van der Waals surface area (Å²) in [5.41, 5.74) is 0.119. The molecule has 0 heterocycles. The number of halogens is 1. The smallest absolute Gasteiger partial charge is 0.329 e. The standard InChI is InChI=1S/C13H13BrN2O2/c14-10-4-3-9(8-15)11(7-10)16-13(12(17)18)5-1-2-6-13/h3-4,7,16H,1-2,5-6H2,(H,17,18). The fourth-order valence-corrected chi connectivity index (χ4v) is 2.71. The molecule has 1 aliphatic rings. The van der Waals surface area contributed by atoms with Gasteiger partial charge in [-0.05, 0) is 31.0 Å². The molecule has 5 heteroatoms. The fourth-order valence-electron chi connectivity index (χ4n) is 2.35. The van der Waals surface area contributed by atoms with Gasteiger partial charge < -0.3 is 10.4 Å². The number of nitriles is 1. The van der Waals surface area contributed by atoms with Gasteiger partial charge in [-0.3, -0.25) is 0 Å². The minimum absolute atomic E-state index is 0.464. The van der Waals surface area contributed by atoms with E-state index in [4.69, 9.17) is 5.26 Å². The highest BCUT2D eigenvalue weighted by Gasteiger charge is 2.41. The van der Waals surface area contributed by atoms with Gasteiger partial charge in [0.15, 0.2) is 0 Å². The average Bonchev–Trinajstić information content (AvgIpc) is 2.79. The van der Waals surface area contributed by atoms with E-state index in [2.05, 4.69) is 27.3 Å². The summed E-state index contributed by atoms with van der Waals surface area (Å²) in [5.74, 6) is -0.844. The Kier molecular flexibility index (Phi) is 3.58. The lowest BCUT2D eigenvalue weighted by Gasteiger charge is -2.27. The zero-order chi connectivity index (χ0) is 13.2. The second-order valence-corrected chi connectivity index (χ2v) is 5.44. The Labute approximate surface area is 114 Å². The number of aliphatic carboxylic acids is 1. The Morgan fingerprint density at radius 1 is 1.44 bits per heavy atom. The molecule has 0 aliphatic heterocycles. The largest absolute Gasteiger partial charge is 0.480 e. The van der Waals surface area contributed by atoms with Crippen LogP contribution in [0.25, 0.3) is 0 Å². The van der Waals surface area contributed by atoms with Crippen molar-refractivity contribution in [1.29, 1.82) is 5.26 Å². The Morgan fingerprint density at radius 2 is 2.11 bits per heavy atom. The summed E-state index contributed by atoms with van der Waals surface area (Å²) in [5, 5.41) is 21.5. The number of carboxylic acids is 1. The minimum atomic E-state index is -0.924. The molecule has 1 fully saturated rings. The second kappa shape index (κ2) is 4.99. The molecule has 0 aromatic heterocycles. The predicted molar refractivity (Wildman–Crippen MR) is 71.3 cm³/mol. The normalized spacial score (nSPS) is 17.1. The maximum Gasteiger partial charge on any atom is 0.329 e. The lowest BCUT2D eigenvalue weighted by Crippen LogP contribution is -2.43. The van der Waals surface area contributed by atoms with E-state index in [0.29, 0.717) is 24.1 Å². The summed E-state index contributed by atoms with van der Waals surface area (Å²) in [6.07, 6.45) is 2.99. The number of nitrogens with zero attached hydrogens (tertiary/aromatic N) is 1. The van der Waals surface area contributed by atoms with Crippen LogP contribution in [0.15, 0.2) is 22.7 Å². The van der Waals surface area contributed by atoms with Crippen molar-refractivity contribution < 1.29 is 9.90 Å². The Balaban J connectivity index is 2.35. The highest BCUT2D eigenvalue weighted by molar-refractivity contribution is 9.10. The van der Waals surface area contributed by atoms with Crippen LogP contribution < -0.4 is 5.32 Å². The molecule has 18 heavy (non-hydrogen) atoms. The average molecular weight is 309 g/mol. The Bertz CT molecular complexity index is 516. The maximum absolute atomic E-state index is 11.5. The van der Waals surface area contributed by atoms with Crippen molar-refractivity contribution in [2.45, 2.75) is 31.2 Å². The van der Waals surface area contributed by atoms with Gasteiger partial charge in [0.05, 0.1) is 11.3 Å². The van der Waals surface area contributed by atoms with E-state index in [1.54, 1.807) is 18.2 Å². The first kappa shape index (κ1) is 12.9. The second-order valence-electron chi connectivity index (χ2n) is 4.52. The van der Waals surface area contributed by atoms with E-state index >= 15 is 0 Å². The third-order valence-corrected chi connectivity index (χ3v) is 3.84. The Hall–Kier alpha value is -1.54. The number of rotatable bonds is 3. The third-order valence-electron chi connectivity index (χ3n) is 3.34. The molecule has 0 atom stereocenters. The van der Waals surface area contributed by atoms with Gasteiger partial charge in [-0.15, -0.1) is 0 Å². The highest BCUT2D eigenvalue weighted by Crippen LogP contribution is 2.35. The molecule has 2 rings (SSSR count). The van der Waals surface area contributed by atoms with Crippen molar-refractivity contribution in [3.63, 3.8) is 0 Å². The maximum atomic E-state index is 11.5. The van der Waals surface area contributed by atoms with Gasteiger partial charge in [-0.1, -0.05) is 28.8 Å². The molecule has 1 aromatic rings. The van der Waals surface area contributed by atoms with Gasteiger partial charge in [0.25, 0.3) is 0 Å². The number of anilines is 1. The van der Waals surface area contributed by atoms with Crippen molar-refractivity contribution in [2.75, 3.05) is 5.32 Å². The number of carboxylic acid groups (broad SMARTS) is 1. The molecule has 94 valence electrons. The van der Waals surface area contributed by atoms with Crippen LogP contribution >= 0.6 is 15.9 Å². The first-order valence-electron chi connectivity index (χ1n) is 5.79. The number of hydrogen-bond acceptors (Lipinski definition) is 3. The molecule has 1 aromatic carbocycles. The van der Waals surface area contributed by atoms with Crippen molar-refractivity contribution in [3.05, 3.63) is 28.2 Å². The summed E-state index contributed by atoms with van der Waals surface area (Å²) in [6, 6.07) is 7.28. The van der Waals surface area contributed by atoms with Gasteiger partial charge in [0.1, 0.15) is 11.6 Å². The van der Waals surface area contributed by atoms with Gasteiger partial charge >= 0.3 is 5.97 Å². The van der Waals surface area contributed by atoms with Crippen LogP contribution in [0, 0.1) is 11.3 Å². The monoisotopic (exact) mass is 308 g/mol.